The summed E-state index contributed by atoms with van der Waals surface area (Å²) >= 11 is 2.89. The number of carbonyl (C=O) groups is 1. The first-order valence-electron chi connectivity index (χ1n) is 1.90. The first-order chi connectivity index (χ1) is 4.20. The molecule has 0 saturated carbocycles. The largest absolute Gasteiger partial charge is 1.00 e. The minimum atomic E-state index is -1.27. The number of aromatic carboxylic acids is 1. The summed E-state index contributed by atoms with van der Waals surface area (Å²) in [6.07, 6.45) is 0. The van der Waals surface area contributed by atoms with Gasteiger partial charge < -0.3 is 9.90 Å². The predicted molar refractivity (Wildman–Crippen MR) is 37.0 cm³/mol. The van der Waals surface area contributed by atoms with Crippen molar-refractivity contribution in [3.05, 3.63) is 8.02 Å². The first kappa shape index (κ1) is 10.8. The van der Waals surface area contributed by atoms with Crippen LogP contribution in [-0.2, 0) is 0 Å². The second-order valence-electron chi connectivity index (χ2n) is 1.15. The molecule has 0 aliphatic heterocycles. The van der Waals surface area contributed by atoms with Crippen molar-refractivity contribution in [2.75, 3.05) is 0 Å². The van der Waals surface area contributed by atoms with Gasteiger partial charge in [0.15, 0.2) is 8.02 Å². The second kappa shape index (κ2) is 4.60. The molecule has 0 radical (unpaired) electrons. The van der Waals surface area contributed by atoms with Gasteiger partial charge in [0.05, 0.1) is 0 Å². The SMILES string of the molecule is O=C([O-])c1nnc(I)s1.[Na+]. The standard InChI is InChI=1S/C3HIN2O2S.Na/c4-3-6-5-1(9-3)2(7)8;/h(H,7,8);/q;+1/p-1. The van der Waals surface area contributed by atoms with E-state index < -0.39 is 5.97 Å². The molecule has 0 atom stereocenters. The van der Waals surface area contributed by atoms with Crippen LogP contribution in [0.5, 0.6) is 0 Å². The molecule has 1 aromatic heterocycles. The molecular weight excluding hydrogens is 278 g/mol. The maximum absolute atomic E-state index is 10.0. The molecule has 7 heteroatoms. The third-order valence-electron chi connectivity index (χ3n) is 0.575. The van der Waals surface area contributed by atoms with Crippen molar-refractivity contribution in [2.45, 2.75) is 0 Å². The smallest absolute Gasteiger partial charge is 0.542 e. The van der Waals surface area contributed by atoms with E-state index in [1.165, 1.54) is 0 Å². The maximum Gasteiger partial charge on any atom is 1.00 e. The van der Waals surface area contributed by atoms with Gasteiger partial charge in [0.2, 0.25) is 0 Å². The quantitative estimate of drug-likeness (QED) is 0.395. The third kappa shape index (κ3) is 2.79. The number of hydrogen-bond acceptors (Lipinski definition) is 5. The topological polar surface area (TPSA) is 65.9 Å². The average molecular weight is 278 g/mol. The molecule has 0 bridgehead atoms. The van der Waals surface area contributed by atoms with Gasteiger partial charge >= 0.3 is 29.6 Å². The van der Waals surface area contributed by atoms with Crippen LogP contribution < -0.4 is 34.7 Å². The van der Waals surface area contributed by atoms with E-state index in [0.717, 1.165) is 11.3 Å². The number of carboxylic acid groups (broad SMARTS) is 1. The van der Waals surface area contributed by atoms with E-state index in [1.807, 2.05) is 22.6 Å². The van der Waals surface area contributed by atoms with Crippen molar-refractivity contribution >= 4 is 39.9 Å². The molecule has 0 fully saturated rings. The third-order valence-corrected chi connectivity index (χ3v) is 2.14. The molecule has 48 valence electrons. The summed E-state index contributed by atoms with van der Waals surface area (Å²) in [5.41, 5.74) is 0. The van der Waals surface area contributed by atoms with E-state index >= 15 is 0 Å². The molecule has 4 nitrogen and oxygen atoms in total. The van der Waals surface area contributed by atoms with Gasteiger partial charge in [-0.3, -0.25) is 0 Å². The predicted octanol–water partition coefficient (Wildman–Crippen LogP) is -3.49. The van der Waals surface area contributed by atoms with Crippen LogP contribution in [0.3, 0.4) is 0 Å². The van der Waals surface area contributed by atoms with Crippen LogP contribution in [0.25, 0.3) is 0 Å². The minimum Gasteiger partial charge on any atom is -0.542 e. The first-order valence-corrected chi connectivity index (χ1v) is 3.80. The summed E-state index contributed by atoms with van der Waals surface area (Å²) in [6, 6.07) is 0. The molecule has 0 spiro atoms. The van der Waals surface area contributed by atoms with Crippen LogP contribution in [0.15, 0.2) is 0 Å². The maximum atomic E-state index is 10.0. The summed E-state index contributed by atoms with van der Waals surface area (Å²) in [7, 11) is 0. The molecule has 0 N–H and O–H groups in total. The van der Waals surface area contributed by atoms with E-state index in [2.05, 4.69) is 10.2 Å². The van der Waals surface area contributed by atoms with Gasteiger partial charge in [0.1, 0.15) is 5.97 Å². The fourth-order valence-electron chi connectivity index (χ4n) is 0.288. The molecule has 0 saturated heterocycles. The van der Waals surface area contributed by atoms with E-state index in [-0.39, 0.29) is 34.6 Å². The van der Waals surface area contributed by atoms with E-state index in [0.29, 0.717) is 3.01 Å². The van der Waals surface area contributed by atoms with Crippen molar-refractivity contribution in [1.82, 2.24) is 10.2 Å². The Bertz CT molecular complexity index is 240. The molecule has 10 heavy (non-hydrogen) atoms. The minimum absolute atomic E-state index is 0. The summed E-state index contributed by atoms with van der Waals surface area (Å²) < 4.78 is 0.604. The summed E-state index contributed by atoms with van der Waals surface area (Å²) in [6.45, 7) is 0. The van der Waals surface area contributed by atoms with Crippen molar-refractivity contribution < 1.29 is 39.5 Å². The fourth-order valence-corrected chi connectivity index (χ4v) is 1.43. The molecule has 1 heterocycles. The van der Waals surface area contributed by atoms with Gasteiger partial charge in [-0.2, -0.15) is 0 Å². The average Bonchev–Trinajstić information content (AvgIpc) is 2.14. The van der Waals surface area contributed by atoms with Crippen LogP contribution in [0, 0.1) is 3.01 Å². The molecular formula is C3IN2NaO2S. The van der Waals surface area contributed by atoms with Crippen LogP contribution in [-0.4, -0.2) is 16.2 Å². The van der Waals surface area contributed by atoms with E-state index in [4.69, 9.17) is 0 Å². The second-order valence-corrected chi connectivity index (χ2v) is 3.88. The van der Waals surface area contributed by atoms with Gasteiger partial charge in [-0.1, -0.05) is 11.3 Å². The monoisotopic (exact) mass is 278 g/mol. The Morgan fingerprint density at radius 3 is 2.40 bits per heavy atom. The number of nitrogens with zero attached hydrogens (tertiary/aromatic N) is 2. The van der Waals surface area contributed by atoms with Crippen LogP contribution in [0.2, 0.25) is 0 Å². The Balaban J connectivity index is 0.000000810. The number of carbonyl (C=O) groups excluding carboxylic acids is 1. The van der Waals surface area contributed by atoms with Crippen molar-refractivity contribution in [3.8, 4) is 0 Å². The van der Waals surface area contributed by atoms with E-state index in [1.54, 1.807) is 0 Å². The Morgan fingerprint density at radius 1 is 1.60 bits per heavy atom. The normalized spacial score (nSPS) is 8.50. The van der Waals surface area contributed by atoms with Crippen molar-refractivity contribution in [1.29, 1.82) is 0 Å². The van der Waals surface area contributed by atoms with Crippen molar-refractivity contribution in [2.24, 2.45) is 0 Å². The zero-order valence-corrected chi connectivity index (χ0v) is 9.97. The van der Waals surface area contributed by atoms with Crippen molar-refractivity contribution in [3.63, 3.8) is 0 Å². The van der Waals surface area contributed by atoms with Gasteiger partial charge in [-0.05, 0) is 22.6 Å². The molecule has 0 unspecified atom stereocenters. The molecule has 1 rings (SSSR count). The van der Waals surface area contributed by atoms with E-state index in [9.17, 15) is 9.90 Å². The molecule has 1 aromatic rings. The number of carboxylic acids is 1. The summed E-state index contributed by atoms with van der Waals surface area (Å²) in [5.74, 6) is -1.27. The number of aromatic nitrogens is 2. The number of rotatable bonds is 1. The van der Waals surface area contributed by atoms with Gasteiger partial charge in [0, 0.05) is 0 Å². The fraction of sp³-hybridized carbons (Fsp3) is 0. The van der Waals surface area contributed by atoms with Gasteiger partial charge in [0.25, 0.3) is 0 Å². The summed E-state index contributed by atoms with van der Waals surface area (Å²) in [5, 5.41) is 16.7. The van der Waals surface area contributed by atoms with Gasteiger partial charge in [-0.25, -0.2) is 0 Å². The Kier molecular flexibility index (Phi) is 4.95. The molecule has 0 aliphatic carbocycles. The zero-order chi connectivity index (χ0) is 6.85. The van der Waals surface area contributed by atoms with Crippen LogP contribution in [0.1, 0.15) is 9.80 Å². The summed E-state index contributed by atoms with van der Waals surface area (Å²) in [4.78, 5) is 10.0. The van der Waals surface area contributed by atoms with Crippen LogP contribution in [0.4, 0.5) is 0 Å². The Labute approximate surface area is 96.5 Å². The number of halogens is 1. The molecule has 0 amide bonds. The number of hydrogen-bond donors (Lipinski definition) is 0. The molecule has 0 aromatic carbocycles. The Morgan fingerprint density at radius 2 is 2.20 bits per heavy atom. The zero-order valence-electron chi connectivity index (χ0n) is 5.00. The Hall–Kier alpha value is 0.760. The van der Waals surface area contributed by atoms with Crippen LogP contribution >= 0.6 is 33.9 Å². The van der Waals surface area contributed by atoms with Gasteiger partial charge in [-0.15, -0.1) is 10.2 Å². The molecule has 0 aliphatic rings.